The molecule has 11 nitrogen and oxygen atoms in total. The summed E-state index contributed by atoms with van der Waals surface area (Å²) in [5.41, 5.74) is 5.89. The number of fused-ring (bicyclic) bond motifs is 3. The molecule has 0 fully saturated rings. The first-order valence-corrected chi connectivity index (χ1v) is 14.7. The van der Waals surface area contributed by atoms with E-state index in [0.29, 0.717) is 18.9 Å². The van der Waals surface area contributed by atoms with Crippen LogP contribution in [-0.2, 0) is 19.5 Å². The number of hydrogen-bond acceptors (Lipinski definition) is 9. The van der Waals surface area contributed by atoms with Crippen LogP contribution in [0.4, 0.5) is 5.82 Å². The van der Waals surface area contributed by atoms with Crippen molar-refractivity contribution in [3.05, 3.63) is 108 Å². The number of halogens is 1. The predicted octanol–water partition coefficient (Wildman–Crippen LogP) is 5.32. The van der Waals surface area contributed by atoms with Crippen molar-refractivity contribution in [2.45, 2.75) is 19.5 Å². The smallest absolute Gasteiger partial charge is 0.204 e. The topological polar surface area (TPSA) is 135 Å². The van der Waals surface area contributed by atoms with Crippen molar-refractivity contribution < 1.29 is 0 Å². The van der Waals surface area contributed by atoms with E-state index in [2.05, 4.69) is 70.8 Å². The third kappa shape index (κ3) is 5.96. The highest BCUT2D eigenvalue weighted by Gasteiger charge is 2.12. The van der Waals surface area contributed by atoms with E-state index in [4.69, 9.17) is 16.6 Å². The van der Waals surface area contributed by atoms with E-state index in [0.717, 1.165) is 80.0 Å². The highest BCUT2D eigenvalue weighted by atomic mass is 35.5. The molecule has 0 saturated carbocycles. The maximum absolute atomic E-state index is 6.57. The molecule has 0 aliphatic rings. The molecule has 0 atom stereocenters. The molecule has 7 aromatic rings. The molecule has 0 amide bonds. The first kappa shape index (κ1) is 27.6. The number of anilines is 1. The Morgan fingerprint density at radius 1 is 0.864 bits per heavy atom. The van der Waals surface area contributed by atoms with E-state index in [9.17, 15) is 0 Å². The predicted molar refractivity (Wildman–Crippen MR) is 171 cm³/mol. The molecule has 0 aliphatic heterocycles. The van der Waals surface area contributed by atoms with Crippen molar-refractivity contribution in [3.63, 3.8) is 0 Å². The molecule has 0 aliphatic carbocycles. The quantitative estimate of drug-likeness (QED) is 0.133. The number of tetrazole rings is 1. The van der Waals surface area contributed by atoms with Crippen molar-refractivity contribution >= 4 is 39.1 Å². The Kier molecular flexibility index (Phi) is 7.86. The summed E-state index contributed by atoms with van der Waals surface area (Å²) in [5.74, 6) is 1.30. The summed E-state index contributed by atoms with van der Waals surface area (Å²) in [7, 11) is 0. The van der Waals surface area contributed by atoms with Crippen LogP contribution in [-0.4, -0.2) is 58.7 Å². The van der Waals surface area contributed by atoms with E-state index in [1.807, 2.05) is 65.6 Å². The van der Waals surface area contributed by atoms with Gasteiger partial charge in [-0.1, -0.05) is 71.4 Å². The summed E-state index contributed by atoms with van der Waals surface area (Å²) < 4.78 is 1.85. The van der Waals surface area contributed by atoms with E-state index >= 15 is 0 Å². The Morgan fingerprint density at radius 3 is 2.66 bits per heavy atom. The Morgan fingerprint density at radius 2 is 1.80 bits per heavy atom. The minimum Gasteiger partial charge on any atom is -0.368 e. The number of benzene rings is 3. The van der Waals surface area contributed by atoms with Gasteiger partial charge in [0.25, 0.3) is 0 Å². The van der Waals surface area contributed by atoms with Crippen LogP contribution in [0.5, 0.6) is 0 Å². The van der Waals surface area contributed by atoms with Gasteiger partial charge in [-0.2, -0.15) is 5.21 Å². The maximum atomic E-state index is 6.57. The lowest BCUT2D eigenvalue weighted by Crippen LogP contribution is -2.16. The molecule has 218 valence electrons. The van der Waals surface area contributed by atoms with Crippen molar-refractivity contribution in [1.29, 1.82) is 0 Å². The normalized spacial score (nSPS) is 11.4. The summed E-state index contributed by atoms with van der Waals surface area (Å²) in [6, 6.07) is 24.3. The molecule has 7 rings (SSSR count). The van der Waals surface area contributed by atoms with Crippen LogP contribution < -0.4 is 10.6 Å². The average molecular weight is 602 g/mol. The molecule has 0 saturated heterocycles. The van der Waals surface area contributed by atoms with E-state index in [1.165, 1.54) is 0 Å². The van der Waals surface area contributed by atoms with Gasteiger partial charge in [-0.25, -0.2) is 4.98 Å². The highest BCUT2D eigenvalue weighted by molar-refractivity contribution is 6.33. The number of H-pyrrole nitrogens is 1. The number of pyridine rings is 2. The third-order valence-electron chi connectivity index (χ3n) is 7.42. The lowest BCUT2D eigenvalue weighted by atomic mass is 10.0. The number of nitrogens with one attached hydrogen (secondary N) is 3. The Balaban J connectivity index is 0.943. The van der Waals surface area contributed by atoms with Gasteiger partial charge < -0.3 is 10.6 Å². The fourth-order valence-electron chi connectivity index (χ4n) is 5.23. The van der Waals surface area contributed by atoms with Gasteiger partial charge in [0.2, 0.25) is 5.82 Å². The monoisotopic (exact) mass is 601 g/mol. The molecule has 4 heterocycles. The fraction of sp³-hybridized carbons (Fsp3) is 0.156. The van der Waals surface area contributed by atoms with Crippen LogP contribution in [0.2, 0.25) is 5.02 Å². The first-order valence-electron chi connectivity index (χ1n) is 14.3. The minimum atomic E-state index is 0.522. The van der Waals surface area contributed by atoms with E-state index in [1.54, 1.807) is 6.20 Å². The summed E-state index contributed by atoms with van der Waals surface area (Å²) in [6.45, 7) is 2.77. The van der Waals surface area contributed by atoms with Gasteiger partial charge >= 0.3 is 0 Å². The summed E-state index contributed by atoms with van der Waals surface area (Å²) >= 11 is 6.57. The molecular weight excluding hydrogens is 574 g/mol. The molecule has 3 N–H and O–H groups in total. The number of aromatic amines is 1. The molecule has 44 heavy (non-hydrogen) atoms. The van der Waals surface area contributed by atoms with Gasteiger partial charge in [-0.3, -0.25) is 9.67 Å². The molecule has 0 unspecified atom stereocenters. The van der Waals surface area contributed by atoms with Gasteiger partial charge in [0.15, 0.2) is 0 Å². The van der Waals surface area contributed by atoms with Crippen LogP contribution in [0.1, 0.15) is 11.3 Å². The zero-order valence-electron chi connectivity index (χ0n) is 23.7. The minimum absolute atomic E-state index is 0.522. The second kappa shape index (κ2) is 12.5. The molecular formula is C32H28ClN11. The Bertz CT molecular complexity index is 2020. The lowest BCUT2D eigenvalue weighted by molar-refractivity contribution is 0.608. The van der Waals surface area contributed by atoms with Crippen LogP contribution in [0, 0.1) is 0 Å². The maximum Gasteiger partial charge on any atom is 0.204 e. The van der Waals surface area contributed by atoms with Gasteiger partial charge in [0.05, 0.1) is 17.8 Å². The van der Waals surface area contributed by atoms with Gasteiger partial charge in [0, 0.05) is 77.0 Å². The van der Waals surface area contributed by atoms with Crippen LogP contribution in [0.25, 0.3) is 44.2 Å². The van der Waals surface area contributed by atoms with Gasteiger partial charge in [0.1, 0.15) is 5.82 Å². The van der Waals surface area contributed by atoms with Crippen molar-refractivity contribution in [1.82, 2.24) is 50.9 Å². The molecule has 3 aromatic carbocycles. The number of nitrogens with zero attached hydrogens (tertiary/aromatic N) is 8. The van der Waals surface area contributed by atoms with E-state index < -0.39 is 0 Å². The van der Waals surface area contributed by atoms with E-state index in [-0.39, 0.29) is 0 Å². The third-order valence-corrected chi connectivity index (χ3v) is 7.74. The fourth-order valence-corrected chi connectivity index (χ4v) is 5.54. The van der Waals surface area contributed by atoms with Crippen LogP contribution >= 0.6 is 11.6 Å². The summed E-state index contributed by atoms with van der Waals surface area (Å²) in [6.07, 6.45) is 6.41. The molecule has 12 heteroatoms. The van der Waals surface area contributed by atoms with Gasteiger partial charge in [-0.05, 0) is 34.5 Å². The van der Waals surface area contributed by atoms with Gasteiger partial charge in [-0.15, -0.1) is 15.3 Å². The first-order chi connectivity index (χ1) is 21.7. The second-order valence-corrected chi connectivity index (χ2v) is 10.8. The lowest BCUT2D eigenvalue weighted by Gasteiger charge is -2.12. The molecule has 4 aromatic heterocycles. The largest absolute Gasteiger partial charge is 0.368 e. The van der Waals surface area contributed by atoms with Crippen LogP contribution in [0.15, 0.2) is 91.4 Å². The second-order valence-electron chi connectivity index (χ2n) is 10.4. The van der Waals surface area contributed by atoms with Crippen molar-refractivity contribution in [3.8, 4) is 22.5 Å². The number of rotatable bonds is 11. The average Bonchev–Trinajstić information content (AvgIpc) is 3.76. The van der Waals surface area contributed by atoms with Crippen molar-refractivity contribution in [2.75, 3.05) is 18.4 Å². The number of aromatic nitrogens is 9. The highest BCUT2D eigenvalue weighted by Crippen LogP contribution is 2.31. The molecule has 0 radical (unpaired) electrons. The van der Waals surface area contributed by atoms with Crippen LogP contribution in [0.3, 0.4) is 0 Å². The molecule has 0 bridgehead atoms. The zero-order chi connectivity index (χ0) is 29.7. The zero-order valence-corrected chi connectivity index (χ0v) is 24.4. The van der Waals surface area contributed by atoms with Crippen molar-refractivity contribution in [2.24, 2.45) is 0 Å². The Labute approximate surface area is 257 Å². The summed E-state index contributed by atoms with van der Waals surface area (Å²) in [5, 5.41) is 33.7. The SMILES string of the molecule is Clc1cc(CNCCc2cn(CCNc3nc4cc(-c5nn[nH]n5)ccc4c4cnccc34)nn2)ccc1-c1ccccc1. The Hall–Kier alpha value is -5.26. The molecule has 0 spiro atoms. The number of hydrogen-bond donors (Lipinski definition) is 3. The standard InChI is InChI=1S/C32H28ClN11/c33-29-16-21(6-8-25(29)22-4-2-1-3-5-22)18-34-12-10-24-20-44(43-38-24)15-14-36-32-27-11-13-35-19-28(27)26-9-7-23(17-30(26)37-32)31-39-41-42-40-31/h1-9,11,13,16-17,19-20,34H,10,12,14-15,18H2,(H,36,37)(H,39,40,41,42). The summed E-state index contributed by atoms with van der Waals surface area (Å²) in [4.78, 5) is 9.27.